The van der Waals surface area contributed by atoms with Crippen molar-refractivity contribution in [3.8, 4) is 11.8 Å². The number of aromatic nitrogens is 1. The van der Waals surface area contributed by atoms with Crippen molar-refractivity contribution in [1.82, 2.24) is 4.98 Å². The van der Waals surface area contributed by atoms with Crippen LogP contribution in [0.15, 0.2) is 24.3 Å². The smallest absolute Gasteiger partial charge is 0.260 e. The molecule has 1 amide bonds. The van der Waals surface area contributed by atoms with Crippen molar-refractivity contribution in [2.45, 2.75) is 44.9 Å². The van der Waals surface area contributed by atoms with E-state index in [1.165, 1.54) is 0 Å². The Balaban J connectivity index is 1.68. The molecule has 2 aromatic rings. The molecule has 1 aromatic carbocycles. The SMILES string of the molecule is CC1(C)COc2c(C(=O)Nc3nc4c(cc3C#N)CCCC4)cccc21. The number of hydrogen-bond donors (Lipinski definition) is 1. The van der Waals surface area contributed by atoms with Crippen molar-refractivity contribution in [2.24, 2.45) is 0 Å². The summed E-state index contributed by atoms with van der Waals surface area (Å²) in [5, 5.41) is 12.3. The Morgan fingerprint density at radius 3 is 2.92 bits per heavy atom. The van der Waals surface area contributed by atoms with E-state index in [1.807, 2.05) is 18.2 Å². The summed E-state index contributed by atoms with van der Waals surface area (Å²) in [5.74, 6) is 0.679. The zero-order valence-corrected chi connectivity index (χ0v) is 15.1. The lowest BCUT2D eigenvalue weighted by atomic mass is 9.86. The third kappa shape index (κ3) is 2.72. The van der Waals surface area contributed by atoms with Gasteiger partial charge in [-0.3, -0.25) is 4.79 Å². The normalized spacial score (nSPS) is 16.8. The molecule has 1 aliphatic carbocycles. The fourth-order valence-corrected chi connectivity index (χ4v) is 3.72. The molecule has 0 bridgehead atoms. The van der Waals surface area contributed by atoms with Crippen LogP contribution < -0.4 is 10.1 Å². The lowest BCUT2D eigenvalue weighted by Gasteiger charge is -2.17. The predicted octanol–water partition coefficient (Wildman–Crippen LogP) is 3.75. The summed E-state index contributed by atoms with van der Waals surface area (Å²) in [6.45, 7) is 4.74. The minimum Gasteiger partial charge on any atom is -0.492 e. The van der Waals surface area contributed by atoms with Crippen LogP contribution in [0.3, 0.4) is 0 Å². The van der Waals surface area contributed by atoms with Gasteiger partial charge in [0.05, 0.1) is 17.7 Å². The van der Waals surface area contributed by atoms with Crippen molar-refractivity contribution in [3.05, 3.63) is 52.2 Å². The second-order valence-corrected chi connectivity index (χ2v) is 7.62. The van der Waals surface area contributed by atoms with Crippen molar-refractivity contribution in [1.29, 1.82) is 5.26 Å². The second kappa shape index (κ2) is 6.14. The van der Waals surface area contributed by atoms with E-state index in [2.05, 4.69) is 30.2 Å². The van der Waals surface area contributed by atoms with Crippen LogP contribution in [0.1, 0.15) is 59.4 Å². The van der Waals surface area contributed by atoms with Crippen LogP contribution in [-0.2, 0) is 18.3 Å². The first-order valence-corrected chi connectivity index (χ1v) is 9.00. The van der Waals surface area contributed by atoms with E-state index in [9.17, 15) is 10.1 Å². The Morgan fingerprint density at radius 2 is 2.12 bits per heavy atom. The van der Waals surface area contributed by atoms with Crippen LogP contribution in [0.25, 0.3) is 0 Å². The van der Waals surface area contributed by atoms with Crippen LogP contribution in [-0.4, -0.2) is 17.5 Å². The van der Waals surface area contributed by atoms with E-state index >= 15 is 0 Å². The highest BCUT2D eigenvalue weighted by Crippen LogP contribution is 2.40. The monoisotopic (exact) mass is 347 g/mol. The number of para-hydroxylation sites is 1. The Hall–Kier alpha value is -2.87. The largest absolute Gasteiger partial charge is 0.492 e. The van der Waals surface area contributed by atoms with Gasteiger partial charge in [-0.05, 0) is 43.4 Å². The van der Waals surface area contributed by atoms with Crippen molar-refractivity contribution < 1.29 is 9.53 Å². The fraction of sp³-hybridized carbons (Fsp3) is 0.381. The first kappa shape index (κ1) is 16.6. The summed E-state index contributed by atoms with van der Waals surface area (Å²) in [6, 6.07) is 9.64. The van der Waals surface area contributed by atoms with Gasteiger partial charge in [0.2, 0.25) is 0 Å². The summed E-state index contributed by atoms with van der Waals surface area (Å²) in [5.41, 5.74) is 3.92. The Morgan fingerprint density at radius 1 is 1.31 bits per heavy atom. The molecule has 4 rings (SSSR count). The molecule has 132 valence electrons. The molecular weight excluding hydrogens is 326 g/mol. The number of nitrogens with zero attached hydrogens (tertiary/aromatic N) is 2. The molecule has 1 N–H and O–H groups in total. The lowest BCUT2D eigenvalue weighted by Crippen LogP contribution is -2.18. The quantitative estimate of drug-likeness (QED) is 0.897. The number of ether oxygens (including phenoxy) is 1. The van der Waals surface area contributed by atoms with Crippen molar-refractivity contribution in [3.63, 3.8) is 0 Å². The van der Waals surface area contributed by atoms with Crippen LogP contribution >= 0.6 is 0 Å². The Bertz CT molecular complexity index is 941. The molecule has 0 saturated heterocycles. The first-order chi connectivity index (χ1) is 12.5. The molecule has 5 nitrogen and oxygen atoms in total. The molecule has 0 unspecified atom stereocenters. The molecular formula is C21H21N3O2. The van der Waals surface area contributed by atoms with Crippen LogP contribution in [0, 0.1) is 11.3 Å². The molecule has 0 fully saturated rings. The number of nitrogens with one attached hydrogen (secondary N) is 1. The van der Waals surface area contributed by atoms with E-state index in [0.717, 1.165) is 42.5 Å². The van der Waals surface area contributed by atoms with Crippen LogP contribution in [0.2, 0.25) is 0 Å². The van der Waals surface area contributed by atoms with E-state index in [0.29, 0.717) is 29.3 Å². The number of aryl methyl sites for hydroxylation is 2. The molecule has 0 atom stereocenters. The van der Waals surface area contributed by atoms with Gasteiger partial charge in [0.15, 0.2) is 5.82 Å². The van der Waals surface area contributed by atoms with Gasteiger partial charge in [0, 0.05) is 16.7 Å². The van der Waals surface area contributed by atoms with Gasteiger partial charge in [-0.2, -0.15) is 5.26 Å². The topological polar surface area (TPSA) is 75.0 Å². The maximum atomic E-state index is 12.9. The van der Waals surface area contributed by atoms with Crippen molar-refractivity contribution >= 4 is 11.7 Å². The molecule has 2 heterocycles. The number of nitriles is 1. The standard InChI is InChI=1S/C21H21N3O2/c1-21(2)12-26-18-15(7-5-8-16(18)21)20(25)24-19-14(11-22)10-13-6-3-4-9-17(13)23-19/h5,7-8,10H,3-4,6,9,12H2,1-2H3,(H,23,24,25). The third-order valence-electron chi connectivity index (χ3n) is 5.22. The van der Waals surface area contributed by atoms with E-state index in [4.69, 9.17) is 4.74 Å². The van der Waals surface area contributed by atoms with Crippen molar-refractivity contribution in [2.75, 3.05) is 11.9 Å². The lowest BCUT2D eigenvalue weighted by molar-refractivity contribution is 0.102. The zero-order chi connectivity index (χ0) is 18.3. The summed E-state index contributed by atoms with van der Waals surface area (Å²) >= 11 is 0. The summed E-state index contributed by atoms with van der Waals surface area (Å²) in [4.78, 5) is 17.5. The Labute approximate surface area is 153 Å². The van der Waals surface area contributed by atoms with Crippen LogP contribution in [0.4, 0.5) is 5.82 Å². The maximum absolute atomic E-state index is 12.9. The number of carbonyl (C=O) groups excluding carboxylic acids is 1. The molecule has 26 heavy (non-hydrogen) atoms. The van der Waals surface area contributed by atoms with Gasteiger partial charge in [-0.25, -0.2) is 4.98 Å². The van der Waals surface area contributed by atoms with E-state index < -0.39 is 0 Å². The average molecular weight is 347 g/mol. The number of rotatable bonds is 2. The highest BCUT2D eigenvalue weighted by atomic mass is 16.5. The summed E-state index contributed by atoms with van der Waals surface area (Å²) in [6.07, 6.45) is 4.05. The maximum Gasteiger partial charge on any atom is 0.260 e. The van der Waals surface area contributed by atoms with Gasteiger partial charge in [0.1, 0.15) is 11.8 Å². The number of hydrogen-bond acceptors (Lipinski definition) is 4. The number of benzene rings is 1. The summed E-state index contributed by atoms with van der Waals surface area (Å²) < 4.78 is 5.80. The Kier molecular flexibility index (Phi) is 3.91. The minimum atomic E-state index is -0.292. The predicted molar refractivity (Wildman–Crippen MR) is 98.5 cm³/mol. The fourth-order valence-electron chi connectivity index (χ4n) is 3.72. The third-order valence-corrected chi connectivity index (χ3v) is 5.22. The zero-order valence-electron chi connectivity index (χ0n) is 15.1. The highest BCUT2D eigenvalue weighted by molar-refractivity contribution is 6.06. The molecule has 2 aliphatic rings. The number of pyridine rings is 1. The van der Waals surface area contributed by atoms with Gasteiger partial charge in [-0.1, -0.05) is 26.0 Å². The summed E-state index contributed by atoms with van der Waals surface area (Å²) in [7, 11) is 0. The molecule has 1 aromatic heterocycles. The molecule has 5 heteroatoms. The van der Waals surface area contributed by atoms with Gasteiger partial charge >= 0.3 is 0 Å². The highest BCUT2D eigenvalue weighted by Gasteiger charge is 2.34. The van der Waals surface area contributed by atoms with E-state index in [1.54, 1.807) is 6.07 Å². The number of carbonyl (C=O) groups is 1. The molecule has 1 aliphatic heterocycles. The molecule has 0 radical (unpaired) electrons. The van der Waals surface area contributed by atoms with E-state index in [-0.39, 0.29) is 11.3 Å². The first-order valence-electron chi connectivity index (χ1n) is 9.00. The number of amides is 1. The van der Waals surface area contributed by atoms with Gasteiger partial charge in [-0.15, -0.1) is 0 Å². The number of anilines is 1. The number of fused-ring (bicyclic) bond motifs is 2. The molecule has 0 spiro atoms. The van der Waals surface area contributed by atoms with Crippen LogP contribution in [0.5, 0.6) is 5.75 Å². The minimum absolute atomic E-state index is 0.118. The molecule has 0 saturated carbocycles. The second-order valence-electron chi connectivity index (χ2n) is 7.62. The average Bonchev–Trinajstić information content (AvgIpc) is 2.96. The van der Waals surface area contributed by atoms with Gasteiger partial charge in [0.25, 0.3) is 5.91 Å². The van der Waals surface area contributed by atoms with Gasteiger partial charge < -0.3 is 10.1 Å².